The van der Waals surface area contributed by atoms with Crippen LogP contribution in [0.4, 0.5) is 32.0 Å². The second-order valence-electron chi connectivity index (χ2n) is 8.70. The molecule has 12 heteroatoms. The number of halogens is 6. The lowest BCUT2D eigenvalue weighted by Crippen LogP contribution is -2.25. The van der Waals surface area contributed by atoms with Crippen molar-refractivity contribution in [2.24, 2.45) is 0 Å². The molecule has 0 saturated carbocycles. The number of amides is 1. The van der Waals surface area contributed by atoms with Crippen LogP contribution in [0.25, 0.3) is 22.0 Å². The Morgan fingerprint density at radius 3 is 2.24 bits per heavy atom. The van der Waals surface area contributed by atoms with E-state index in [2.05, 4.69) is 20.9 Å². The molecule has 0 spiro atoms. The molecule has 3 aromatic carbocycles. The molecule has 38 heavy (non-hydrogen) atoms. The topological polar surface area (TPSA) is 68.9 Å². The van der Waals surface area contributed by atoms with E-state index in [9.17, 15) is 31.1 Å². The van der Waals surface area contributed by atoms with Crippen molar-refractivity contribution in [3.05, 3.63) is 83.0 Å². The third-order valence-electron chi connectivity index (χ3n) is 6.14. The summed E-state index contributed by atoms with van der Waals surface area (Å²) in [5.41, 5.74) is 0.528. The molecule has 1 amide bonds. The number of aromatic amines is 1. The Kier molecular flexibility index (Phi) is 6.56. The lowest BCUT2D eigenvalue weighted by atomic mass is 10.0. The van der Waals surface area contributed by atoms with Crippen molar-refractivity contribution in [1.82, 2.24) is 15.6 Å². The first kappa shape index (κ1) is 26.0. The third kappa shape index (κ3) is 5.18. The molecule has 5 rings (SSSR count). The zero-order valence-corrected chi connectivity index (χ0v) is 20.5. The minimum absolute atomic E-state index is 0.0545. The highest BCUT2D eigenvalue weighted by Crippen LogP contribution is 2.40. The third-order valence-corrected chi connectivity index (χ3v) is 7.32. The van der Waals surface area contributed by atoms with Crippen molar-refractivity contribution in [3.63, 3.8) is 0 Å². The summed E-state index contributed by atoms with van der Waals surface area (Å²) in [4.78, 5) is 17.0. The molecule has 5 nitrogen and oxygen atoms in total. The highest BCUT2D eigenvalue weighted by atomic mass is 32.2. The summed E-state index contributed by atoms with van der Waals surface area (Å²) in [7, 11) is 1.85. The summed E-state index contributed by atoms with van der Waals surface area (Å²) >= 11 is 1.63. The zero-order valence-electron chi connectivity index (χ0n) is 19.6. The first-order valence-electron chi connectivity index (χ1n) is 11.3. The molecule has 1 aliphatic heterocycles. The van der Waals surface area contributed by atoms with Gasteiger partial charge in [0.1, 0.15) is 5.50 Å². The number of benzene rings is 3. The number of thioether (sulfide) groups is 1. The van der Waals surface area contributed by atoms with Gasteiger partial charge in [-0.3, -0.25) is 10.1 Å². The van der Waals surface area contributed by atoms with E-state index in [1.54, 1.807) is 17.8 Å². The Balaban J connectivity index is 1.39. The molecule has 0 saturated heterocycles. The maximum atomic E-state index is 13.2. The van der Waals surface area contributed by atoms with Crippen LogP contribution in [-0.2, 0) is 18.9 Å². The van der Waals surface area contributed by atoms with E-state index in [1.807, 2.05) is 37.4 Å². The van der Waals surface area contributed by atoms with E-state index in [0.29, 0.717) is 23.0 Å². The molecule has 4 aromatic rings. The molecule has 0 aliphatic carbocycles. The first-order valence-corrected chi connectivity index (χ1v) is 12.2. The van der Waals surface area contributed by atoms with Crippen molar-refractivity contribution in [1.29, 1.82) is 0 Å². The number of carbonyl (C=O) groups is 1. The number of rotatable bonds is 5. The molecule has 1 aromatic heterocycles. The number of carbonyl (C=O) groups excluding carboxylic acids is 1. The molecular formula is C26H20F6N4OS. The standard InChI is InChI=1S/C26H20F6N4OS/c1-33-24-36-21-5-3-15(9-22(21)38-24)14-2-4-20-18(8-14)19(12-34-20)23(37)35-11-13-6-16(25(27,28)29)10-17(7-13)26(30,31)32/h2-10,12,24,33-34,36H,11H2,1H3,(H,35,37). The van der Waals surface area contributed by atoms with Crippen molar-refractivity contribution >= 4 is 34.3 Å². The SMILES string of the molecule is CNC1Nc2ccc(-c3ccc4[nH]cc(C(=O)NCc5cc(C(F)(F)F)cc(C(F)(F)F)c5)c4c3)cc2S1. The maximum absolute atomic E-state index is 13.2. The van der Waals surface area contributed by atoms with E-state index in [-0.39, 0.29) is 22.7 Å². The van der Waals surface area contributed by atoms with Crippen LogP contribution in [0.5, 0.6) is 0 Å². The summed E-state index contributed by atoms with van der Waals surface area (Å²) < 4.78 is 78.9. The lowest BCUT2D eigenvalue weighted by molar-refractivity contribution is -0.143. The minimum atomic E-state index is -4.96. The predicted octanol–water partition coefficient (Wildman–Crippen LogP) is 6.82. The Hall–Kier alpha value is -3.64. The van der Waals surface area contributed by atoms with E-state index < -0.39 is 35.9 Å². The molecular weight excluding hydrogens is 530 g/mol. The molecule has 0 fully saturated rings. The molecule has 2 heterocycles. The lowest BCUT2D eigenvalue weighted by Gasteiger charge is -2.14. The molecule has 1 aliphatic rings. The largest absolute Gasteiger partial charge is 0.416 e. The zero-order chi connectivity index (χ0) is 27.2. The number of H-pyrrole nitrogens is 1. The van der Waals surface area contributed by atoms with Crippen LogP contribution in [0.1, 0.15) is 27.0 Å². The van der Waals surface area contributed by atoms with Gasteiger partial charge in [0.05, 0.1) is 16.7 Å². The number of fused-ring (bicyclic) bond motifs is 2. The fourth-order valence-corrected chi connectivity index (χ4v) is 5.24. The van der Waals surface area contributed by atoms with Crippen molar-refractivity contribution in [3.8, 4) is 11.1 Å². The van der Waals surface area contributed by atoms with Gasteiger partial charge in [0.2, 0.25) is 0 Å². The molecule has 1 unspecified atom stereocenters. The summed E-state index contributed by atoms with van der Waals surface area (Å²) in [5.74, 6) is -0.634. The Morgan fingerprint density at radius 1 is 0.921 bits per heavy atom. The first-order chi connectivity index (χ1) is 17.9. The van der Waals surface area contributed by atoms with Crippen molar-refractivity contribution in [2.45, 2.75) is 29.3 Å². The smallest absolute Gasteiger partial charge is 0.360 e. The summed E-state index contributed by atoms with van der Waals surface area (Å²) in [6.45, 7) is -0.514. The van der Waals surface area contributed by atoms with Gasteiger partial charge in [-0.2, -0.15) is 26.3 Å². The Bertz CT molecular complexity index is 1500. The maximum Gasteiger partial charge on any atom is 0.416 e. The van der Waals surface area contributed by atoms with Gasteiger partial charge in [-0.1, -0.05) is 23.9 Å². The number of hydrogen-bond acceptors (Lipinski definition) is 4. The predicted molar refractivity (Wildman–Crippen MR) is 134 cm³/mol. The fourth-order valence-electron chi connectivity index (χ4n) is 4.23. The molecule has 0 radical (unpaired) electrons. The molecule has 198 valence electrons. The highest BCUT2D eigenvalue weighted by Gasteiger charge is 2.37. The van der Waals surface area contributed by atoms with Crippen LogP contribution in [0.2, 0.25) is 0 Å². The quantitative estimate of drug-likeness (QED) is 0.206. The van der Waals surface area contributed by atoms with Crippen LogP contribution in [0.15, 0.2) is 65.7 Å². The summed E-state index contributed by atoms with van der Waals surface area (Å²) in [5, 5.41) is 9.49. The van der Waals surface area contributed by atoms with Crippen LogP contribution >= 0.6 is 11.8 Å². The number of nitrogens with one attached hydrogen (secondary N) is 4. The van der Waals surface area contributed by atoms with Crippen molar-refractivity contribution in [2.75, 3.05) is 12.4 Å². The van der Waals surface area contributed by atoms with Gasteiger partial charge < -0.3 is 15.6 Å². The Labute approximate surface area is 217 Å². The normalized spacial score (nSPS) is 15.4. The number of alkyl halides is 6. The van der Waals surface area contributed by atoms with Gasteiger partial charge in [0.25, 0.3) is 5.91 Å². The average Bonchev–Trinajstić information content (AvgIpc) is 3.49. The molecule has 0 bridgehead atoms. The van der Waals surface area contributed by atoms with Gasteiger partial charge in [-0.05, 0) is 66.2 Å². The summed E-state index contributed by atoms with van der Waals surface area (Å²) in [6, 6.07) is 12.7. The van der Waals surface area contributed by atoms with Crippen LogP contribution in [0.3, 0.4) is 0 Å². The minimum Gasteiger partial charge on any atom is -0.360 e. The number of hydrogen-bond donors (Lipinski definition) is 4. The van der Waals surface area contributed by atoms with Gasteiger partial charge in [0.15, 0.2) is 0 Å². The van der Waals surface area contributed by atoms with Gasteiger partial charge in [-0.25, -0.2) is 0 Å². The summed E-state index contributed by atoms with van der Waals surface area (Å²) in [6.07, 6.45) is -8.47. The van der Waals surface area contributed by atoms with Crippen LogP contribution in [0, 0.1) is 0 Å². The fraction of sp³-hybridized carbons (Fsp3) is 0.192. The van der Waals surface area contributed by atoms with Crippen LogP contribution in [-0.4, -0.2) is 23.4 Å². The van der Waals surface area contributed by atoms with E-state index in [1.165, 1.54) is 6.20 Å². The van der Waals surface area contributed by atoms with E-state index >= 15 is 0 Å². The van der Waals surface area contributed by atoms with E-state index in [0.717, 1.165) is 21.7 Å². The van der Waals surface area contributed by atoms with Gasteiger partial charge >= 0.3 is 12.4 Å². The second-order valence-corrected chi connectivity index (χ2v) is 9.85. The second kappa shape index (κ2) is 9.59. The average molecular weight is 551 g/mol. The van der Waals surface area contributed by atoms with Crippen molar-refractivity contribution < 1.29 is 31.1 Å². The highest BCUT2D eigenvalue weighted by molar-refractivity contribution is 8.00. The monoisotopic (exact) mass is 550 g/mol. The molecule has 4 N–H and O–H groups in total. The van der Waals surface area contributed by atoms with E-state index in [4.69, 9.17) is 0 Å². The van der Waals surface area contributed by atoms with Gasteiger partial charge in [0, 0.05) is 34.2 Å². The molecule has 1 atom stereocenters. The Morgan fingerprint density at radius 2 is 1.58 bits per heavy atom. The van der Waals surface area contributed by atoms with Crippen LogP contribution < -0.4 is 16.0 Å². The van der Waals surface area contributed by atoms with Gasteiger partial charge in [-0.15, -0.1) is 0 Å². The number of aromatic nitrogens is 1. The number of anilines is 1.